The van der Waals surface area contributed by atoms with Gasteiger partial charge in [-0.05, 0) is 41.5 Å². The second-order valence-corrected chi connectivity index (χ2v) is 7.36. The average molecular weight is 324 g/mol. The summed E-state index contributed by atoms with van der Waals surface area (Å²) in [4.78, 5) is 24.0. The van der Waals surface area contributed by atoms with Crippen molar-refractivity contribution < 1.29 is 19.1 Å². The van der Waals surface area contributed by atoms with Gasteiger partial charge in [0, 0.05) is 6.54 Å². The first-order valence-corrected chi connectivity index (χ1v) is 6.47. The van der Waals surface area contributed by atoms with E-state index in [1.54, 1.807) is 41.5 Å². The number of nitrogens with two attached hydrogens (primary N) is 1. The van der Waals surface area contributed by atoms with Gasteiger partial charge in [-0.3, -0.25) is 0 Å². The minimum Gasteiger partial charge on any atom is -0.458 e. The highest BCUT2D eigenvalue weighted by atomic mass is 79.9. The van der Waals surface area contributed by atoms with E-state index in [0.717, 1.165) is 0 Å². The summed E-state index contributed by atoms with van der Waals surface area (Å²) in [6.45, 7) is 10.0. The van der Waals surface area contributed by atoms with Crippen LogP contribution in [0, 0.1) is 0 Å². The lowest BCUT2D eigenvalue weighted by Crippen LogP contribution is -2.52. The number of alkyl halides is 1. The van der Waals surface area contributed by atoms with E-state index in [1.807, 2.05) is 0 Å². The number of hydrogen-bond acceptors (Lipinski definition) is 5. The highest BCUT2D eigenvalue weighted by molar-refractivity contribution is 9.10. The molecule has 0 fully saturated rings. The number of carbonyl (C=O) groups excluding carboxylic acids is 2. The Morgan fingerprint density at radius 2 is 1.22 bits per heavy atom. The van der Waals surface area contributed by atoms with Gasteiger partial charge in [0.1, 0.15) is 11.2 Å². The molecule has 0 atom stereocenters. The van der Waals surface area contributed by atoms with Crippen LogP contribution in [0.15, 0.2) is 0 Å². The quantitative estimate of drug-likeness (QED) is 0.486. The molecule has 0 aliphatic heterocycles. The van der Waals surface area contributed by atoms with Crippen molar-refractivity contribution in [3.05, 3.63) is 0 Å². The third-order valence-electron chi connectivity index (χ3n) is 1.73. The summed E-state index contributed by atoms with van der Waals surface area (Å²) in [5.41, 5.74) is 4.10. The molecule has 0 saturated carbocycles. The van der Waals surface area contributed by atoms with Gasteiger partial charge in [-0.1, -0.05) is 15.9 Å². The number of halogens is 1. The predicted octanol–water partition coefficient (Wildman–Crippen LogP) is 1.76. The summed E-state index contributed by atoms with van der Waals surface area (Å²) in [5, 5.41) is 0. The lowest BCUT2D eigenvalue weighted by Gasteiger charge is -2.30. The summed E-state index contributed by atoms with van der Waals surface area (Å²) >= 11 is 3.05. The molecule has 0 aromatic heterocycles. The van der Waals surface area contributed by atoms with Gasteiger partial charge in [0.2, 0.25) is 4.32 Å². The molecule has 0 saturated heterocycles. The van der Waals surface area contributed by atoms with Gasteiger partial charge < -0.3 is 15.2 Å². The van der Waals surface area contributed by atoms with Crippen molar-refractivity contribution in [2.45, 2.75) is 57.1 Å². The van der Waals surface area contributed by atoms with E-state index in [4.69, 9.17) is 15.2 Å². The lowest BCUT2D eigenvalue weighted by molar-refractivity contribution is -0.170. The molecule has 0 bridgehead atoms. The maximum Gasteiger partial charge on any atom is 0.336 e. The Morgan fingerprint density at radius 1 is 0.944 bits per heavy atom. The minimum absolute atomic E-state index is 0.239. The van der Waals surface area contributed by atoms with E-state index in [-0.39, 0.29) is 6.54 Å². The van der Waals surface area contributed by atoms with Gasteiger partial charge in [-0.2, -0.15) is 0 Å². The highest BCUT2D eigenvalue weighted by Gasteiger charge is 2.48. The topological polar surface area (TPSA) is 78.6 Å². The van der Waals surface area contributed by atoms with Crippen LogP contribution in [0.3, 0.4) is 0 Å². The molecular formula is C12H22BrNO4. The van der Waals surface area contributed by atoms with Crippen LogP contribution in [-0.4, -0.2) is 34.0 Å². The first kappa shape index (κ1) is 17.4. The standard InChI is InChI=1S/C12H22BrNO4/c1-10(2,3)17-8(15)12(13,7-14)9(16)18-11(4,5)6/h7,14H2,1-6H3. The normalized spacial score (nSPS) is 13.1. The zero-order valence-corrected chi connectivity index (χ0v) is 13.4. The summed E-state index contributed by atoms with van der Waals surface area (Å²) in [6.07, 6.45) is 0. The molecule has 0 unspecified atom stereocenters. The first-order chi connectivity index (χ1) is 7.82. The number of ether oxygens (including phenoxy) is 2. The SMILES string of the molecule is CC(C)(C)OC(=O)C(Br)(CN)C(=O)OC(C)(C)C. The molecule has 2 N–H and O–H groups in total. The molecule has 6 heteroatoms. The summed E-state index contributed by atoms with van der Waals surface area (Å²) < 4.78 is 8.67. The minimum atomic E-state index is -1.66. The molecule has 0 aliphatic rings. The van der Waals surface area contributed by atoms with Crippen molar-refractivity contribution in [3.8, 4) is 0 Å². The Bertz CT molecular complexity index is 300. The maximum absolute atomic E-state index is 12.0. The fraction of sp³-hybridized carbons (Fsp3) is 0.833. The average Bonchev–Trinajstić information content (AvgIpc) is 2.10. The summed E-state index contributed by atoms with van der Waals surface area (Å²) in [6, 6.07) is 0. The third kappa shape index (κ3) is 5.35. The van der Waals surface area contributed by atoms with E-state index < -0.39 is 27.5 Å². The second kappa shape index (κ2) is 5.57. The van der Waals surface area contributed by atoms with Crippen molar-refractivity contribution in [1.82, 2.24) is 0 Å². The fourth-order valence-corrected chi connectivity index (χ4v) is 1.13. The van der Waals surface area contributed by atoms with Crippen LogP contribution < -0.4 is 5.73 Å². The molecule has 0 heterocycles. The first-order valence-electron chi connectivity index (χ1n) is 5.68. The Kier molecular flexibility index (Phi) is 5.38. The smallest absolute Gasteiger partial charge is 0.336 e. The fourth-order valence-electron chi connectivity index (χ4n) is 0.968. The van der Waals surface area contributed by atoms with Gasteiger partial charge in [-0.25, -0.2) is 9.59 Å². The molecular weight excluding hydrogens is 302 g/mol. The molecule has 0 aliphatic carbocycles. The Morgan fingerprint density at radius 3 is 1.39 bits per heavy atom. The maximum atomic E-state index is 12.0. The van der Waals surface area contributed by atoms with Crippen LogP contribution in [0.25, 0.3) is 0 Å². The molecule has 0 radical (unpaired) electrons. The van der Waals surface area contributed by atoms with E-state index in [1.165, 1.54) is 0 Å². The largest absolute Gasteiger partial charge is 0.458 e. The van der Waals surface area contributed by atoms with Gasteiger partial charge in [0.05, 0.1) is 0 Å². The predicted molar refractivity (Wildman–Crippen MR) is 72.4 cm³/mol. The Balaban J connectivity index is 5.01. The van der Waals surface area contributed by atoms with Crippen molar-refractivity contribution in [1.29, 1.82) is 0 Å². The van der Waals surface area contributed by atoms with Crippen molar-refractivity contribution in [2.75, 3.05) is 6.54 Å². The van der Waals surface area contributed by atoms with Crippen LogP contribution in [0.1, 0.15) is 41.5 Å². The molecule has 106 valence electrons. The Hall–Kier alpha value is -0.620. The van der Waals surface area contributed by atoms with E-state index >= 15 is 0 Å². The number of rotatable bonds is 3. The van der Waals surface area contributed by atoms with Crippen LogP contribution in [0.4, 0.5) is 0 Å². The molecule has 0 amide bonds. The zero-order valence-electron chi connectivity index (χ0n) is 11.8. The molecule has 0 aromatic carbocycles. The van der Waals surface area contributed by atoms with Crippen molar-refractivity contribution in [2.24, 2.45) is 5.73 Å². The second-order valence-electron chi connectivity index (χ2n) is 6.01. The lowest BCUT2D eigenvalue weighted by atomic mass is 10.1. The summed E-state index contributed by atoms with van der Waals surface area (Å²) in [7, 11) is 0. The van der Waals surface area contributed by atoms with Crippen LogP contribution in [-0.2, 0) is 19.1 Å². The van der Waals surface area contributed by atoms with Crippen molar-refractivity contribution >= 4 is 27.9 Å². The van der Waals surface area contributed by atoms with Crippen molar-refractivity contribution in [3.63, 3.8) is 0 Å². The third-order valence-corrected chi connectivity index (χ3v) is 2.70. The van der Waals surface area contributed by atoms with Gasteiger partial charge in [0.25, 0.3) is 0 Å². The molecule has 0 aromatic rings. The van der Waals surface area contributed by atoms with Gasteiger partial charge in [-0.15, -0.1) is 0 Å². The van der Waals surface area contributed by atoms with Crippen LogP contribution >= 0.6 is 15.9 Å². The molecule has 5 nitrogen and oxygen atoms in total. The molecule has 0 rings (SSSR count). The number of esters is 2. The monoisotopic (exact) mass is 323 g/mol. The molecule has 18 heavy (non-hydrogen) atoms. The number of carbonyl (C=O) groups is 2. The number of hydrogen-bond donors (Lipinski definition) is 1. The van der Waals surface area contributed by atoms with E-state index in [2.05, 4.69) is 15.9 Å². The van der Waals surface area contributed by atoms with Crippen LogP contribution in [0.5, 0.6) is 0 Å². The van der Waals surface area contributed by atoms with E-state index in [9.17, 15) is 9.59 Å². The van der Waals surface area contributed by atoms with Gasteiger partial charge >= 0.3 is 11.9 Å². The van der Waals surface area contributed by atoms with Gasteiger partial charge in [0.15, 0.2) is 0 Å². The summed E-state index contributed by atoms with van der Waals surface area (Å²) in [5.74, 6) is -1.49. The zero-order chi connectivity index (χ0) is 14.8. The highest BCUT2D eigenvalue weighted by Crippen LogP contribution is 2.26. The van der Waals surface area contributed by atoms with E-state index in [0.29, 0.717) is 0 Å². The molecule has 0 spiro atoms. The van der Waals surface area contributed by atoms with Crippen LogP contribution in [0.2, 0.25) is 0 Å². The Labute approximate surface area is 117 Å².